The third-order valence-corrected chi connectivity index (χ3v) is 5.28. The lowest BCUT2D eigenvalue weighted by Crippen LogP contribution is -2.51. The van der Waals surface area contributed by atoms with Crippen LogP contribution >= 0.6 is 12.4 Å². The average molecular weight is 378 g/mol. The normalized spacial score (nSPS) is 20.6. The Bertz CT molecular complexity index is 780. The first-order valence-corrected chi connectivity index (χ1v) is 8.80. The lowest BCUT2D eigenvalue weighted by molar-refractivity contribution is 0.00364. The molecule has 2 aromatic rings. The number of fused-ring (bicyclic) bond motifs is 1. The van der Waals surface area contributed by atoms with E-state index in [4.69, 9.17) is 9.26 Å². The van der Waals surface area contributed by atoms with Crippen LogP contribution in [-0.4, -0.2) is 29.8 Å². The van der Waals surface area contributed by atoms with Gasteiger partial charge >= 0.3 is 0 Å². The third-order valence-electron chi connectivity index (χ3n) is 5.28. The van der Waals surface area contributed by atoms with Crippen LogP contribution in [0.3, 0.4) is 0 Å². The van der Waals surface area contributed by atoms with Gasteiger partial charge in [-0.05, 0) is 45.8 Å². The highest BCUT2D eigenvalue weighted by molar-refractivity contribution is 5.96. The van der Waals surface area contributed by atoms with Gasteiger partial charge in [0, 0.05) is 12.0 Å². The van der Waals surface area contributed by atoms with Crippen LogP contribution in [-0.2, 0) is 0 Å². The number of hydrogen-bond acceptors (Lipinski definition) is 5. The second-order valence-corrected chi connectivity index (χ2v) is 7.00. The second-order valence-electron chi connectivity index (χ2n) is 7.00. The maximum Gasteiger partial charge on any atom is 0.257 e. The van der Waals surface area contributed by atoms with Gasteiger partial charge in [-0.15, -0.1) is 12.4 Å². The summed E-state index contributed by atoms with van der Waals surface area (Å²) in [5.74, 6) is 1.29. The number of benzene rings is 1. The van der Waals surface area contributed by atoms with Crippen molar-refractivity contribution in [2.45, 2.75) is 44.8 Å². The van der Waals surface area contributed by atoms with Crippen LogP contribution in [0.5, 0.6) is 5.75 Å². The smallest absolute Gasteiger partial charge is 0.257 e. The second kappa shape index (κ2) is 7.29. The predicted molar refractivity (Wildman–Crippen MR) is 100.0 cm³/mol. The molecule has 1 atom stereocenters. The molecular formula is C19H24ClN3O3. The third kappa shape index (κ3) is 3.31. The summed E-state index contributed by atoms with van der Waals surface area (Å²) in [4.78, 5) is 12.8. The van der Waals surface area contributed by atoms with Crippen LogP contribution in [0.2, 0.25) is 0 Å². The maximum absolute atomic E-state index is 12.8. The number of rotatable bonds is 2. The summed E-state index contributed by atoms with van der Waals surface area (Å²) in [7, 11) is 0. The van der Waals surface area contributed by atoms with Gasteiger partial charge in [-0.2, -0.15) is 0 Å². The number of ether oxygens (including phenoxy) is 1. The largest absolute Gasteiger partial charge is 0.487 e. The molecule has 0 aliphatic carbocycles. The van der Waals surface area contributed by atoms with Crippen LogP contribution in [0, 0.1) is 13.8 Å². The van der Waals surface area contributed by atoms with E-state index in [1.807, 2.05) is 24.3 Å². The molecule has 1 saturated heterocycles. The molecule has 2 N–H and O–H groups in total. The van der Waals surface area contributed by atoms with Crippen molar-refractivity contribution in [2.24, 2.45) is 0 Å². The summed E-state index contributed by atoms with van der Waals surface area (Å²) in [5, 5.41) is 10.5. The molecule has 7 heteroatoms. The Kier molecular flexibility index (Phi) is 5.25. The maximum atomic E-state index is 12.8. The lowest BCUT2D eigenvalue weighted by atomic mass is 9.81. The Labute approximate surface area is 159 Å². The zero-order valence-electron chi connectivity index (χ0n) is 15.0. The molecule has 0 radical (unpaired) electrons. The molecule has 1 aromatic carbocycles. The molecule has 3 heterocycles. The van der Waals surface area contributed by atoms with Gasteiger partial charge in [0.1, 0.15) is 22.7 Å². The van der Waals surface area contributed by atoms with Gasteiger partial charge in [0.25, 0.3) is 5.91 Å². The van der Waals surface area contributed by atoms with Crippen LogP contribution < -0.4 is 15.4 Å². The number of amides is 1. The molecular weight excluding hydrogens is 354 g/mol. The standard InChI is InChI=1S/C19H23N3O3.ClH/c1-12-17(13(2)25-22-12)18(23)21-15-11-19(7-9-20-10-8-19)24-16-6-4-3-5-14(15)16;/h3-6,15,20H,7-11H2,1-2H3,(H,21,23);1H. The van der Waals surface area contributed by atoms with Crippen molar-refractivity contribution in [3.63, 3.8) is 0 Å². The summed E-state index contributed by atoms with van der Waals surface area (Å²) >= 11 is 0. The first kappa shape index (κ1) is 18.7. The minimum Gasteiger partial charge on any atom is -0.487 e. The summed E-state index contributed by atoms with van der Waals surface area (Å²) in [5.41, 5.74) is 1.97. The zero-order chi connectivity index (χ0) is 17.4. The van der Waals surface area contributed by atoms with E-state index in [1.165, 1.54) is 0 Å². The highest BCUT2D eigenvalue weighted by atomic mass is 35.5. The highest BCUT2D eigenvalue weighted by Crippen LogP contribution is 2.43. The van der Waals surface area contributed by atoms with Gasteiger partial charge in [-0.3, -0.25) is 4.79 Å². The van der Waals surface area contributed by atoms with Crippen LogP contribution in [0.1, 0.15) is 52.7 Å². The Morgan fingerprint density at radius 3 is 2.69 bits per heavy atom. The van der Waals surface area contributed by atoms with Crippen molar-refractivity contribution in [2.75, 3.05) is 13.1 Å². The number of carbonyl (C=O) groups is 1. The van der Waals surface area contributed by atoms with Crippen molar-refractivity contribution in [3.05, 3.63) is 46.8 Å². The number of nitrogens with zero attached hydrogens (tertiary/aromatic N) is 1. The van der Waals surface area contributed by atoms with Gasteiger partial charge in [0.2, 0.25) is 0 Å². The Morgan fingerprint density at radius 2 is 2.00 bits per heavy atom. The van der Waals surface area contributed by atoms with E-state index >= 15 is 0 Å². The van der Waals surface area contributed by atoms with Gasteiger partial charge in [-0.25, -0.2) is 0 Å². The molecule has 6 nitrogen and oxygen atoms in total. The van der Waals surface area contributed by atoms with Crippen LogP contribution in [0.25, 0.3) is 0 Å². The van der Waals surface area contributed by atoms with Crippen molar-refractivity contribution < 1.29 is 14.1 Å². The minimum atomic E-state index is -0.212. The minimum absolute atomic E-state index is 0. The van der Waals surface area contributed by atoms with E-state index in [9.17, 15) is 4.79 Å². The van der Waals surface area contributed by atoms with Crippen molar-refractivity contribution in [1.82, 2.24) is 15.8 Å². The quantitative estimate of drug-likeness (QED) is 0.841. The van der Waals surface area contributed by atoms with Crippen molar-refractivity contribution >= 4 is 18.3 Å². The summed E-state index contributed by atoms with van der Waals surface area (Å²) < 4.78 is 11.5. The van der Waals surface area contributed by atoms with E-state index in [2.05, 4.69) is 15.8 Å². The topological polar surface area (TPSA) is 76.4 Å². The number of piperidine rings is 1. The molecule has 0 saturated carbocycles. The molecule has 140 valence electrons. The monoisotopic (exact) mass is 377 g/mol. The summed E-state index contributed by atoms with van der Waals surface area (Å²) in [6, 6.07) is 7.91. The Hall–Kier alpha value is -2.05. The number of halogens is 1. The number of aryl methyl sites for hydroxylation is 2. The summed E-state index contributed by atoms with van der Waals surface area (Å²) in [6.07, 6.45) is 2.67. The molecule has 1 amide bonds. The fourth-order valence-electron chi connectivity index (χ4n) is 3.97. The summed E-state index contributed by atoms with van der Waals surface area (Å²) in [6.45, 7) is 5.43. The van der Waals surface area contributed by atoms with Crippen LogP contribution in [0.15, 0.2) is 28.8 Å². The molecule has 2 aliphatic heterocycles. The SMILES string of the molecule is Cc1noc(C)c1C(=O)NC1CC2(CCNCC2)Oc2ccccc21.Cl. The van der Waals surface area contributed by atoms with Crippen molar-refractivity contribution in [3.8, 4) is 5.75 Å². The van der Waals surface area contributed by atoms with E-state index < -0.39 is 0 Å². The van der Waals surface area contributed by atoms with Crippen molar-refractivity contribution in [1.29, 1.82) is 0 Å². The van der Waals surface area contributed by atoms with E-state index in [-0.39, 0.29) is 30.0 Å². The van der Waals surface area contributed by atoms with E-state index in [1.54, 1.807) is 13.8 Å². The molecule has 1 fully saturated rings. The zero-order valence-corrected chi connectivity index (χ0v) is 15.8. The number of carbonyl (C=O) groups excluding carboxylic acids is 1. The first-order valence-electron chi connectivity index (χ1n) is 8.80. The van der Waals surface area contributed by atoms with Gasteiger partial charge in [0.15, 0.2) is 0 Å². The van der Waals surface area contributed by atoms with Gasteiger partial charge in [-0.1, -0.05) is 23.4 Å². The van der Waals surface area contributed by atoms with Gasteiger partial charge < -0.3 is 19.9 Å². The molecule has 1 spiro atoms. The predicted octanol–water partition coefficient (Wildman–Crippen LogP) is 3.09. The average Bonchev–Trinajstić information content (AvgIpc) is 2.94. The fraction of sp³-hybridized carbons (Fsp3) is 0.474. The Morgan fingerprint density at radius 1 is 1.27 bits per heavy atom. The lowest BCUT2D eigenvalue weighted by Gasteiger charge is -2.44. The molecule has 2 aliphatic rings. The molecule has 26 heavy (non-hydrogen) atoms. The molecule has 4 rings (SSSR count). The van der Waals surface area contributed by atoms with E-state index in [0.717, 1.165) is 43.7 Å². The van der Waals surface area contributed by atoms with Crippen LogP contribution in [0.4, 0.5) is 0 Å². The van der Waals surface area contributed by atoms with E-state index in [0.29, 0.717) is 17.0 Å². The molecule has 1 aromatic heterocycles. The highest BCUT2D eigenvalue weighted by Gasteiger charge is 2.42. The Balaban J connectivity index is 0.00000196. The number of para-hydroxylation sites is 1. The van der Waals surface area contributed by atoms with Gasteiger partial charge in [0.05, 0.1) is 11.7 Å². The number of nitrogens with one attached hydrogen (secondary N) is 2. The molecule has 1 unspecified atom stereocenters. The fourth-order valence-corrected chi connectivity index (χ4v) is 3.97. The first-order chi connectivity index (χ1) is 12.1. The molecule has 0 bridgehead atoms. The number of hydrogen-bond donors (Lipinski definition) is 2. The number of aromatic nitrogens is 1.